The molecule has 1 aliphatic heterocycles. The Labute approximate surface area is 93.5 Å². The van der Waals surface area contributed by atoms with Gasteiger partial charge in [-0.1, -0.05) is 0 Å². The Morgan fingerprint density at radius 2 is 2.06 bits per heavy atom. The number of carbonyl (C=O) groups is 2. The number of aromatic nitrogens is 2. The monoisotopic (exact) mass is 222 g/mol. The zero-order chi connectivity index (χ0) is 11.4. The van der Waals surface area contributed by atoms with Crippen LogP contribution >= 0.6 is 0 Å². The van der Waals surface area contributed by atoms with Crippen molar-refractivity contribution in [3.63, 3.8) is 0 Å². The molecule has 1 aliphatic rings. The maximum absolute atomic E-state index is 11.8. The summed E-state index contributed by atoms with van der Waals surface area (Å²) in [7, 11) is 0. The molecule has 0 unspecified atom stereocenters. The highest BCUT2D eigenvalue weighted by Gasteiger charge is 2.19. The Bertz CT molecular complexity index is 355. The second-order valence-corrected chi connectivity index (χ2v) is 3.76. The lowest BCUT2D eigenvalue weighted by atomic mass is 10.3. The van der Waals surface area contributed by atoms with E-state index in [0.717, 1.165) is 6.41 Å². The molecule has 0 N–H and O–H groups in total. The van der Waals surface area contributed by atoms with Gasteiger partial charge in [-0.2, -0.15) is 0 Å². The smallest absolute Gasteiger partial charge is 0.242 e. The van der Waals surface area contributed by atoms with Crippen LogP contribution in [0.4, 0.5) is 0 Å². The normalized spacial score (nSPS) is 16.2. The largest absolute Gasteiger partial charge is 0.342 e. The minimum absolute atomic E-state index is 0.0727. The molecule has 0 saturated carbocycles. The molecule has 1 fully saturated rings. The third kappa shape index (κ3) is 2.39. The number of rotatable bonds is 3. The molecule has 2 rings (SSSR count). The van der Waals surface area contributed by atoms with Crippen LogP contribution in [0, 0.1) is 0 Å². The van der Waals surface area contributed by atoms with Gasteiger partial charge < -0.3 is 14.4 Å². The standard InChI is InChI=1S/C10H14N4O2/c15-9-12-3-5-14(6-4-12)10(16)7-13-2-1-11-8-13/h1-2,8-9H,3-7H2. The summed E-state index contributed by atoms with van der Waals surface area (Å²) in [5.74, 6) is 0.0727. The first-order valence-electron chi connectivity index (χ1n) is 5.22. The maximum atomic E-state index is 11.8. The van der Waals surface area contributed by atoms with Crippen LogP contribution < -0.4 is 0 Å². The number of carbonyl (C=O) groups excluding carboxylic acids is 2. The van der Waals surface area contributed by atoms with E-state index >= 15 is 0 Å². The summed E-state index contributed by atoms with van der Waals surface area (Å²) in [6, 6.07) is 0. The zero-order valence-corrected chi connectivity index (χ0v) is 8.95. The van der Waals surface area contributed by atoms with E-state index in [2.05, 4.69) is 4.98 Å². The number of nitrogens with zero attached hydrogens (tertiary/aromatic N) is 4. The molecular formula is C10H14N4O2. The van der Waals surface area contributed by atoms with Crippen LogP contribution in [-0.2, 0) is 16.1 Å². The SMILES string of the molecule is O=CN1CCN(C(=O)Cn2ccnc2)CC1. The van der Waals surface area contributed by atoms with Gasteiger partial charge in [-0.05, 0) is 0 Å². The molecule has 16 heavy (non-hydrogen) atoms. The molecule has 1 aromatic heterocycles. The van der Waals surface area contributed by atoms with Gasteiger partial charge in [-0.25, -0.2) is 4.98 Å². The van der Waals surface area contributed by atoms with Gasteiger partial charge in [0.2, 0.25) is 12.3 Å². The van der Waals surface area contributed by atoms with Gasteiger partial charge in [-0.3, -0.25) is 9.59 Å². The average molecular weight is 222 g/mol. The van der Waals surface area contributed by atoms with Crippen molar-refractivity contribution in [2.45, 2.75) is 6.54 Å². The highest BCUT2D eigenvalue weighted by molar-refractivity contribution is 5.76. The fourth-order valence-electron chi connectivity index (χ4n) is 1.71. The van der Waals surface area contributed by atoms with Gasteiger partial charge in [0.25, 0.3) is 0 Å². The first-order chi connectivity index (χ1) is 7.79. The summed E-state index contributed by atoms with van der Waals surface area (Å²) in [6.45, 7) is 2.80. The highest BCUT2D eigenvalue weighted by Crippen LogP contribution is 2.01. The van der Waals surface area contributed by atoms with Crippen LogP contribution in [0.3, 0.4) is 0 Å². The molecule has 1 saturated heterocycles. The van der Waals surface area contributed by atoms with Crippen molar-refractivity contribution in [2.24, 2.45) is 0 Å². The molecule has 1 aromatic rings. The van der Waals surface area contributed by atoms with E-state index in [4.69, 9.17) is 0 Å². The van der Waals surface area contributed by atoms with Gasteiger partial charge in [-0.15, -0.1) is 0 Å². The second-order valence-electron chi connectivity index (χ2n) is 3.76. The number of hydrogen-bond donors (Lipinski definition) is 0. The van der Waals surface area contributed by atoms with Crippen molar-refractivity contribution in [3.05, 3.63) is 18.7 Å². The predicted octanol–water partition coefficient (Wildman–Crippen LogP) is -0.816. The summed E-state index contributed by atoms with van der Waals surface area (Å²) in [5, 5.41) is 0. The van der Waals surface area contributed by atoms with Crippen LogP contribution in [0.15, 0.2) is 18.7 Å². The second kappa shape index (κ2) is 4.78. The van der Waals surface area contributed by atoms with E-state index in [1.54, 1.807) is 33.1 Å². The van der Waals surface area contributed by atoms with Gasteiger partial charge in [0.15, 0.2) is 0 Å². The maximum Gasteiger partial charge on any atom is 0.242 e. The lowest BCUT2D eigenvalue weighted by Gasteiger charge is -2.32. The molecule has 0 radical (unpaired) electrons. The lowest BCUT2D eigenvalue weighted by Crippen LogP contribution is -2.48. The van der Waals surface area contributed by atoms with Crippen molar-refractivity contribution in [3.8, 4) is 0 Å². The van der Waals surface area contributed by atoms with Crippen molar-refractivity contribution in [1.82, 2.24) is 19.4 Å². The van der Waals surface area contributed by atoms with Gasteiger partial charge in [0.1, 0.15) is 6.54 Å². The molecular weight excluding hydrogens is 208 g/mol. The number of amides is 2. The van der Waals surface area contributed by atoms with Gasteiger partial charge in [0, 0.05) is 38.6 Å². The molecule has 0 aliphatic carbocycles. The van der Waals surface area contributed by atoms with E-state index in [1.165, 1.54) is 0 Å². The molecule has 6 heteroatoms. The fraction of sp³-hybridized carbons (Fsp3) is 0.500. The van der Waals surface area contributed by atoms with Crippen molar-refractivity contribution in [2.75, 3.05) is 26.2 Å². The molecule has 0 spiro atoms. The highest BCUT2D eigenvalue weighted by atomic mass is 16.2. The quantitative estimate of drug-likeness (QED) is 0.628. The fourth-order valence-corrected chi connectivity index (χ4v) is 1.71. The third-order valence-electron chi connectivity index (χ3n) is 2.69. The van der Waals surface area contributed by atoms with Gasteiger partial charge in [0.05, 0.1) is 6.33 Å². The van der Waals surface area contributed by atoms with Crippen LogP contribution in [-0.4, -0.2) is 57.8 Å². The summed E-state index contributed by atoms with van der Waals surface area (Å²) in [6.07, 6.45) is 5.87. The average Bonchev–Trinajstić information content (AvgIpc) is 2.82. The summed E-state index contributed by atoms with van der Waals surface area (Å²) < 4.78 is 1.74. The first kappa shape index (κ1) is 10.7. The van der Waals surface area contributed by atoms with E-state index in [1.807, 2.05) is 0 Å². The topological polar surface area (TPSA) is 58.4 Å². The summed E-state index contributed by atoms with van der Waals surface area (Å²) >= 11 is 0. The number of piperazine rings is 1. The van der Waals surface area contributed by atoms with Crippen LogP contribution in [0.1, 0.15) is 0 Å². The zero-order valence-electron chi connectivity index (χ0n) is 8.95. The summed E-state index contributed by atoms with van der Waals surface area (Å²) in [4.78, 5) is 29.7. The van der Waals surface area contributed by atoms with Crippen molar-refractivity contribution < 1.29 is 9.59 Å². The van der Waals surface area contributed by atoms with E-state index in [0.29, 0.717) is 32.7 Å². The Balaban J connectivity index is 1.84. The van der Waals surface area contributed by atoms with Crippen molar-refractivity contribution >= 4 is 12.3 Å². The molecule has 0 bridgehead atoms. The predicted molar refractivity (Wildman–Crippen MR) is 56.4 cm³/mol. The van der Waals surface area contributed by atoms with Crippen LogP contribution in [0.2, 0.25) is 0 Å². The Morgan fingerprint density at radius 1 is 1.31 bits per heavy atom. The number of imidazole rings is 1. The minimum Gasteiger partial charge on any atom is -0.342 e. The lowest BCUT2D eigenvalue weighted by molar-refractivity contribution is -0.135. The molecule has 86 valence electrons. The number of hydrogen-bond acceptors (Lipinski definition) is 3. The van der Waals surface area contributed by atoms with E-state index in [-0.39, 0.29) is 5.91 Å². The Morgan fingerprint density at radius 3 is 2.62 bits per heavy atom. The summed E-state index contributed by atoms with van der Waals surface area (Å²) in [5.41, 5.74) is 0. The molecule has 2 heterocycles. The van der Waals surface area contributed by atoms with E-state index < -0.39 is 0 Å². The Kier molecular flexibility index (Phi) is 3.19. The third-order valence-corrected chi connectivity index (χ3v) is 2.69. The Hall–Kier alpha value is -1.85. The minimum atomic E-state index is 0.0727. The molecule has 6 nitrogen and oxygen atoms in total. The van der Waals surface area contributed by atoms with E-state index in [9.17, 15) is 9.59 Å². The molecule has 0 atom stereocenters. The van der Waals surface area contributed by atoms with Gasteiger partial charge >= 0.3 is 0 Å². The molecule has 0 aromatic carbocycles. The van der Waals surface area contributed by atoms with Crippen LogP contribution in [0.5, 0.6) is 0 Å². The van der Waals surface area contributed by atoms with Crippen LogP contribution in [0.25, 0.3) is 0 Å². The first-order valence-corrected chi connectivity index (χ1v) is 5.22. The van der Waals surface area contributed by atoms with Crippen molar-refractivity contribution in [1.29, 1.82) is 0 Å². The molecule has 2 amide bonds.